The van der Waals surface area contributed by atoms with E-state index in [1.54, 1.807) is 31.2 Å². The summed E-state index contributed by atoms with van der Waals surface area (Å²) in [5, 5.41) is 0. The smallest absolute Gasteiger partial charge is 0.351 e. The van der Waals surface area contributed by atoms with Crippen molar-refractivity contribution in [1.29, 1.82) is 0 Å². The molecule has 2 aromatic carbocycles. The van der Waals surface area contributed by atoms with E-state index in [-0.39, 0.29) is 27.8 Å². The number of carbonyl (C=O) groups excluding carboxylic acids is 2. The number of thiophene rings is 1. The summed E-state index contributed by atoms with van der Waals surface area (Å²) in [5.41, 5.74) is 0.808. The number of anilines is 1. The van der Waals surface area contributed by atoms with Crippen LogP contribution in [0.1, 0.15) is 16.6 Å². The van der Waals surface area contributed by atoms with Gasteiger partial charge in [0.05, 0.1) is 28.0 Å². The van der Waals surface area contributed by atoms with Crippen molar-refractivity contribution in [3.05, 3.63) is 63.7 Å². The largest absolute Gasteiger partial charge is 0.479 e. The van der Waals surface area contributed by atoms with E-state index in [0.717, 1.165) is 35.6 Å². The second kappa shape index (κ2) is 11.0. The van der Waals surface area contributed by atoms with Crippen molar-refractivity contribution in [2.24, 2.45) is 0 Å². The maximum atomic E-state index is 13.1. The molecule has 12 heteroatoms. The van der Waals surface area contributed by atoms with Gasteiger partial charge >= 0.3 is 11.9 Å². The van der Waals surface area contributed by atoms with Crippen molar-refractivity contribution in [1.82, 2.24) is 0 Å². The van der Waals surface area contributed by atoms with Crippen LogP contribution >= 0.6 is 27.3 Å². The number of carbonyl (C=O) groups is 2. The molecule has 180 valence electrons. The maximum absolute atomic E-state index is 13.1. The number of nitrogens with one attached hydrogen (secondary N) is 1. The zero-order valence-corrected chi connectivity index (χ0v) is 21.2. The van der Waals surface area contributed by atoms with Crippen LogP contribution in [0.15, 0.2) is 57.9 Å². The zero-order valence-electron chi connectivity index (χ0n) is 18.0. The average molecular weight is 572 g/mol. The van der Waals surface area contributed by atoms with E-state index in [9.17, 15) is 22.4 Å². The van der Waals surface area contributed by atoms with Crippen molar-refractivity contribution in [3.63, 3.8) is 0 Å². The summed E-state index contributed by atoms with van der Waals surface area (Å²) in [6, 6.07) is 10.9. The normalized spacial score (nSPS) is 11.1. The fourth-order valence-electron chi connectivity index (χ4n) is 2.82. The van der Waals surface area contributed by atoms with Crippen molar-refractivity contribution in [2.45, 2.75) is 11.8 Å². The predicted octanol–water partition coefficient (Wildman–Crippen LogP) is 4.85. The Morgan fingerprint density at radius 2 is 1.85 bits per heavy atom. The molecule has 0 amide bonds. The van der Waals surface area contributed by atoms with Crippen molar-refractivity contribution < 1.29 is 36.6 Å². The quantitative estimate of drug-likeness (QED) is 0.366. The number of methoxy groups -OCH3 is 1. The lowest BCUT2D eigenvalue weighted by Crippen LogP contribution is -2.15. The van der Waals surface area contributed by atoms with Gasteiger partial charge in [0, 0.05) is 5.69 Å². The lowest BCUT2D eigenvalue weighted by Gasteiger charge is -2.10. The minimum Gasteiger partial charge on any atom is -0.479 e. The molecule has 3 aromatic rings. The van der Waals surface area contributed by atoms with Gasteiger partial charge in [-0.2, -0.15) is 0 Å². The van der Waals surface area contributed by atoms with Gasteiger partial charge in [0.15, 0.2) is 17.2 Å². The highest BCUT2D eigenvalue weighted by molar-refractivity contribution is 9.10. The number of rotatable bonds is 9. The van der Waals surface area contributed by atoms with Crippen LogP contribution in [-0.2, 0) is 24.3 Å². The topological polar surface area (TPSA) is 108 Å². The molecule has 1 heterocycles. The molecule has 1 aromatic heterocycles. The fraction of sp³-hybridized carbons (Fsp3) is 0.182. The molecule has 0 radical (unpaired) electrons. The minimum absolute atomic E-state index is 0.0979. The number of halogens is 2. The third-order valence-corrected chi connectivity index (χ3v) is 7.94. The SMILES string of the molecule is CCOC(=O)COc1c(C(=O)OC)sc(-c2cccc(NS(=O)(=O)c3ccc(F)cc3)c2)c1Br. The number of esters is 2. The first kappa shape index (κ1) is 25.7. The van der Waals surface area contributed by atoms with E-state index in [1.165, 1.54) is 7.11 Å². The Morgan fingerprint density at radius 1 is 1.15 bits per heavy atom. The second-order valence-corrected chi connectivity index (χ2v) is 10.1. The summed E-state index contributed by atoms with van der Waals surface area (Å²) in [5.74, 6) is -1.71. The van der Waals surface area contributed by atoms with Gasteiger partial charge in [-0.25, -0.2) is 22.4 Å². The van der Waals surface area contributed by atoms with Gasteiger partial charge in [0.1, 0.15) is 5.82 Å². The van der Waals surface area contributed by atoms with Gasteiger partial charge in [-0.3, -0.25) is 4.72 Å². The molecular formula is C22H19BrFNO7S2. The van der Waals surface area contributed by atoms with E-state index >= 15 is 0 Å². The molecule has 0 unspecified atom stereocenters. The lowest BCUT2D eigenvalue weighted by molar-refractivity contribution is -0.145. The number of sulfonamides is 1. The second-order valence-electron chi connectivity index (χ2n) is 6.63. The molecule has 0 spiro atoms. The molecule has 0 aliphatic carbocycles. The fourth-order valence-corrected chi connectivity index (χ4v) is 5.84. The van der Waals surface area contributed by atoms with Gasteiger partial charge in [0.25, 0.3) is 10.0 Å². The first-order valence-electron chi connectivity index (χ1n) is 9.74. The summed E-state index contributed by atoms with van der Waals surface area (Å²) in [7, 11) is -2.74. The molecule has 0 bridgehead atoms. The molecule has 34 heavy (non-hydrogen) atoms. The molecule has 1 N–H and O–H groups in total. The summed E-state index contributed by atoms with van der Waals surface area (Å²) >= 11 is 4.45. The first-order valence-corrected chi connectivity index (χ1v) is 12.8. The van der Waals surface area contributed by atoms with Crippen LogP contribution in [0.5, 0.6) is 5.75 Å². The molecule has 0 atom stereocenters. The molecule has 0 fully saturated rings. The average Bonchev–Trinajstić information content (AvgIpc) is 3.13. The maximum Gasteiger partial charge on any atom is 0.351 e. The summed E-state index contributed by atoms with van der Waals surface area (Å²) < 4.78 is 56.5. The zero-order chi connectivity index (χ0) is 24.9. The third-order valence-electron chi connectivity index (χ3n) is 4.32. The van der Waals surface area contributed by atoms with Crippen LogP contribution in [0.4, 0.5) is 10.1 Å². The Labute approximate surface area is 207 Å². The van der Waals surface area contributed by atoms with Crippen molar-refractivity contribution in [2.75, 3.05) is 25.0 Å². The van der Waals surface area contributed by atoms with E-state index in [0.29, 0.717) is 14.9 Å². The minimum atomic E-state index is -3.96. The molecule has 0 aliphatic rings. The van der Waals surface area contributed by atoms with Gasteiger partial charge in [-0.15, -0.1) is 11.3 Å². The molecule has 0 saturated carbocycles. The van der Waals surface area contributed by atoms with Crippen LogP contribution in [-0.4, -0.2) is 40.7 Å². The van der Waals surface area contributed by atoms with Gasteiger partial charge in [-0.1, -0.05) is 12.1 Å². The van der Waals surface area contributed by atoms with Crippen LogP contribution in [0.25, 0.3) is 10.4 Å². The van der Waals surface area contributed by atoms with E-state index < -0.39 is 34.4 Å². The van der Waals surface area contributed by atoms with Gasteiger partial charge in [-0.05, 0) is 64.8 Å². The Kier molecular flexibility index (Phi) is 8.28. The number of hydrogen-bond donors (Lipinski definition) is 1. The highest BCUT2D eigenvalue weighted by Crippen LogP contribution is 2.46. The van der Waals surface area contributed by atoms with E-state index in [2.05, 4.69) is 20.7 Å². The number of ether oxygens (including phenoxy) is 3. The van der Waals surface area contributed by atoms with Crippen molar-refractivity contribution in [3.8, 4) is 16.2 Å². The van der Waals surface area contributed by atoms with Crippen LogP contribution in [0.2, 0.25) is 0 Å². The Balaban J connectivity index is 1.94. The monoisotopic (exact) mass is 571 g/mol. The number of hydrogen-bond acceptors (Lipinski definition) is 8. The third kappa shape index (κ3) is 5.93. The standard InChI is InChI=1S/C22H19BrFNO7S2/c1-3-31-17(26)12-32-19-18(23)20(33-21(19)22(27)30-2)13-5-4-6-15(11-13)25-34(28,29)16-9-7-14(24)8-10-16/h4-11,25H,3,12H2,1-2H3. The summed E-state index contributed by atoms with van der Waals surface area (Å²) in [6.07, 6.45) is 0. The molecule has 3 rings (SSSR count). The lowest BCUT2D eigenvalue weighted by atomic mass is 10.1. The highest BCUT2D eigenvalue weighted by atomic mass is 79.9. The van der Waals surface area contributed by atoms with E-state index in [1.807, 2.05) is 0 Å². The van der Waals surface area contributed by atoms with Crippen molar-refractivity contribution >= 4 is 54.9 Å². The predicted molar refractivity (Wildman–Crippen MR) is 128 cm³/mol. The van der Waals surface area contributed by atoms with Crippen LogP contribution in [0.3, 0.4) is 0 Å². The van der Waals surface area contributed by atoms with Gasteiger partial charge < -0.3 is 14.2 Å². The molecular weight excluding hydrogens is 553 g/mol. The van der Waals surface area contributed by atoms with E-state index in [4.69, 9.17) is 14.2 Å². The summed E-state index contributed by atoms with van der Waals surface area (Å²) in [6.45, 7) is 1.43. The molecule has 0 aliphatic heterocycles. The van der Waals surface area contributed by atoms with Crippen LogP contribution in [0, 0.1) is 5.82 Å². The molecule has 8 nitrogen and oxygen atoms in total. The first-order chi connectivity index (χ1) is 16.2. The molecule has 0 saturated heterocycles. The summed E-state index contributed by atoms with van der Waals surface area (Å²) in [4.78, 5) is 24.6. The Bertz CT molecular complexity index is 1310. The Hall–Kier alpha value is -2.96. The Morgan fingerprint density at radius 3 is 2.50 bits per heavy atom. The van der Waals surface area contributed by atoms with Crippen LogP contribution < -0.4 is 9.46 Å². The number of benzene rings is 2. The van der Waals surface area contributed by atoms with Gasteiger partial charge in [0.2, 0.25) is 0 Å². The highest BCUT2D eigenvalue weighted by Gasteiger charge is 2.26.